The number of halogens is 2. The number of aromatic amines is 1. The molecule has 0 aliphatic carbocycles. The normalized spacial score (nSPS) is 38.6. The van der Waals surface area contributed by atoms with Gasteiger partial charge in [-0.15, -0.1) is 0 Å². The molecule has 106 valence electrons. The molecule has 0 spiro atoms. The summed E-state index contributed by atoms with van der Waals surface area (Å²) in [6, 6.07) is 1.05. The maximum atomic E-state index is 14.4. The number of rotatable bonds is 2. The third kappa shape index (κ3) is 2.12. The Hall–Kier alpha value is -1.16. The molecule has 2 rings (SSSR count). The summed E-state index contributed by atoms with van der Waals surface area (Å²) in [6.45, 7) is -0.285. The molecule has 4 unspecified atom stereocenters. The Balaban J connectivity index is 2.51. The molecule has 0 aromatic carbocycles. The van der Waals surface area contributed by atoms with Gasteiger partial charge in [-0.25, -0.2) is 8.78 Å². The second-order valence-corrected chi connectivity index (χ2v) is 4.87. The van der Waals surface area contributed by atoms with Crippen molar-refractivity contribution in [2.75, 3.05) is 6.61 Å². The van der Waals surface area contributed by atoms with Crippen molar-refractivity contribution in [3.8, 4) is 0 Å². The maximum Gasteiger partial charge on any atom is 0.263 e. The molecule has 1 aliphatic rings. The first kappa shape index (κ1) is 14.3. The number of hydrogen-bond acceptors (Lipinski definition) is 5. The monoisotopic (exact) mass is 294 g/mol. The van der Waals surface area contributed by atoms with Gasteiger partial charge in [-0.1, -0.05) is 0 Å². The SMILES string of the molecule is CC1(F)C(n2ccc(=O)[nH]c2=S)OC(F)(CO)C1O. The zero-order valence-electron chi connectivity index (χ0n) is 9.84. The molecule has 6 nitrogen and oxygen atoms in total. The summed E-state index contributed by atoms with van der Waals surface area (Å²) >= 11 is 4.82. The van der Waals surface area contributed by atoms with Crippen molar-refractivity contribution < 1.29 is 23.7 Å². The van der Waals surface area contributed by atoms with Crippen LogP contribution in [0.3, 0.4) is 0 Å². The minimum absolute atomic E-state index is 0.184. The predicted molar refractivity (Wildman–Crippen MR) is 62.5 cm³/mol. The van der Waals surface area contributed by atoms with Crippen molar-refractivity contribution in [3.63, 3.8) is 0 Å². The second kappa shape index (κ2) is 4.44. The van der Waals surface area contributed by atoms with Gasteiger partial charge in [-0.2, -0.15) is 0 Å². The zero-order valence-corrected chi connectivity index (χ0v) is 10.7. The fourth-order valence-corrected chi connectivity index (χ4v) is 2.24. The minimum Gasteiger partial charge on any atom is -0.390 e. The van der Waals surface area contributed by atoms with Gasteiger partial charge in [0.25, 0.3) is 11.4 Å². The first-order chi connectivity index (χ1) is 8.72. The number of aromatic nitrogens is 2. The Morgan fingerprint density at radius 2 is 2.26 bits per heavy atom. The van der Waals surface area contributed by atoms with Gasteiger partial charge >= 0.3 is 0 Å². The average molecular weight is 294 g/mol. The molecule has 1 aromatic heterocycles. The van der Waals surface area contributed by atoms with Crippen molar-refractivity contribution in [1.29, 1.82) is 0 Å². The molecule has 1 saturated heterocycles. The molecule has 1 aromatic rings. The van der Waals surface area contributed by atoms with Crippen LogP contribution < -0.4 is 5.56 Å². The van der Waals surface area contributed by atoms with E-state index >= 15 is 0 Å². The average Bonchev–Trinajstić information content (AvgIpc) is 2.51. The number of nitrogens with one attached hydrogen (secondary N) is 1. The largest absolute Gasteiger partial charge is 0.390 e. The molecular weight excluding hydrogens is 282 g/mol. The lowest BCUT2D eigenvalue weighted by atomic mass is 9.97. The lowest BCUT2D eigenvalue weighted by Gasteiger charge is -2.25. The molecule has 4 atom stereocenters. The van der Waals surface area contributed by atoms with Crippen LogP contribution in [0, 0.1) is 4.77 Å². The van der Waals surface area contributed by atoms with Gasteiger partial charge in [0.15, 0.2) is 22.8 Å². The summed E-state index contributed by atoms with van der Waals surface area (Å²) in [5, 5.41) is 18.5. The fourth-order valence-electron chi connectivity index (χ4n) is 1.99. The summed E-state index contributed by atoms with van der Waals surface area (Å²) < 4.78 is 34.0. The first-order valence-electron chi connectivity index (χ1n) is 5.38. The van der Waals surface area contributed by atoms with Gasteiger partial charge in [-0.3, -0.25) is 14.3 Å². The van der Waals surface area contributed by atoms with E-state index in [1.165, 1.54) is 0 Å². The Morgan fingerprint density at radius 3 is 2.74 bits per heavy atom. The van der Waals surface area contributed by atoms with E-state index in [0.717, 1.165) is 23.8 Å². The highest BCUT2D eigenvalue weighted by Gasteiger charge is 2.64. The van der Waals surface area contributed by atoms with Crippen LogP contribution in [-0.4, -0.2) is 44.0 Å². The van der Waals surface area contributed by atoms with Crippen LogP contribution in [0.15, 0.2) is 17.1 Å². The van der Waals surface area contributed by atoms with Crippen LogP contribution in [-0.2, 0) is 4.74 Å². The van der Waals surface area contributed by atoms with E-state index in [9.17, 15) is 18.7 Å². The Kier molecular flexibility index (Phi) is 3.33. The van der Waals surface area contributed by atoms with Gasteiger partial charge in [0, 0.05) is 12.3 Å². The third-order valence-corrected chi connectivity index (χ3v) is 3.37. The van der Waals surface area contributed by atoms with Crippen LogP contribution >= 0.6 is 12.2 Å². The topological polar surface area (TPSA) is 87.5 Å². The molecule has 3 N–H and O–H groups in total. The Morgan fingerprint density at radius 1 is 1.63 bits per heavy atom. The number of aliphatic hydroxyl groups is 2. The standard InChI is InChI=1S/C10H12F2N2O4S/c1-9(11)6(17)10(12,4-15)18-7(9)14-3-2-5(16)13-8(14)19/h2-3,6-7,15,17H,4H2,1H3,(H,13,16,19). The molecule has 0 saturated carbocycles. The van der Waals surface area contributed by atoms with Gasteiger partial charge in [-0.05, 0) is 19.1 Å². The van der Waals surface area contributed by atoms with Crippen LogP contribution in [0.25, 0.3) is 0 Å². The Bertz CT molecular complexity index is 602. The summed E-state index contributed by atoms with van der Waals surface area (Å²) in [6.07, 6.45) is -2.67. The van der Waals surface area contributed by atoms with Crippen molar-refractivity contribution >= 4 is 12.2 Å². The van der Waals surface area contributed by atoms with Crippen LogP contribution in [0.4, 0.5) is 8.78 Å². The van der Waals surface area contributed by atoms with Crippen molar-refractivity contribution in [2.45, 2.75) is 30.8 Å². The predicted octanol–water partition coefficient (Wildman–Crippen LogP) is 0.182. The van der Waals surface area contributed by atoms with Crippen molar-refractivity contribution in [3.05, 3.63) is 27.4 Å². The van der Waals surface area contributed by atoms with E-state index in [4.69, 9.17) is 22.1 Å². The van der Waals surface area contributed by atoms with E-state index in [1.807, 2.05) is 0 Å². The highest BCUT2D eigenvalue weighted by Crippen LogP contribution is 2.47. The molecule has 9 heteroatoms. The molecule has 0 amide bonds. The van der Waals surface area contributed by atoms with Crippen LogP contribution in [0.2, 0.25) is 0 Å². The molecule has 0 bridgehead atoms. The number of hydrogen-bond donors (Lipinski definition) is 3. The number of ether oxygens (including phenoxy) is 1. The molecule has 2 heterocycles. The lowest BCUT2D eigenvalue weighted by Crippen LogP contribution is -2.46. The van der Waals surface area contributed by atoms with Crippen molar-refractivity contribution in [2.24, 2.45) is 0 Å². The minimum atomic E-state index is -2.93. The first-order valence-corrected chi connectivity index (χ1v) is 5.79. The summed E-state index contributed by atoms with van der Waals surface area (Å²) in [7, 11) is 0. The molecule has 19 heavy (non-hydrogen) atoms. The van der Waals surface area contributed by atoms with E-state index in [1.54, 1.807) is 0 Å². The molecular formula is C10H12F2N2O4S. The maximum absolute atomic E-state index is 14.4. The van der Waals surface area contributed by atoms with Gasteiger partial charge in [0.2, 0.25) is 0 Å². The number of H-pyrrole nitrogens is 1. The fraction of sp³-hybridized carbons (Fsp3) is 0.600. The van der Waals surface area contributed by atoms with Crippen molar-refractivity contribution in [1.82, 2.24) is 9.55 Å². The van der Waals surface area contributed by atoms with E-state index in [-0.39, 0.29) is 4.77 Å². The molecule has 1 fully saturated rings. The second-order valence-electron chi connectivity index (χ2n) is 4.49. The highest BCUT2D eigenvalue weighted by molar-refractivity contribution is 7.71. The summed E-state index contributed by atoms with van der Waals surface area (Å²) in [4.78, 5) is 13.3. The molecule has 1 aliphatic heterocycles. The summed E-state index contributed by atoms with van der Waals surface area (Å²) in [5.74, 6) is -2.93. The Labute approximate surface area is 111 Å². The van der Waals surface area contributed by atoms with E-state index in [2.05, 4.69) is 4.98 Å². The summed E-state index contributed by atoms with van der Waals surface area (Å²) in [5.41, 5.74) is -3.04. The van der Waals surface area contributed by atoms with Crippen LogP contribution in [0.5, 0.6) is 0 Å². The quantitative estimate of drug-likeness (QED) is 0.677. The van der Waals surface area contributed by atoms with Crippen LogP contribution in [0.1, 0.15) is 13.2 Å². The number of alkyl halides is 2. The zero-order chi connectivity index (χ0) is 14.4. The van der Waals surface area contributed by atoms with E-state index < -0.39 is 36.0 Å². The molecule has 0 radical (unpaired) electrons. The lowest BCUT2D eigenvalue weighted by molar-refractivity contribution is -0.207. The van der Waals surface area contributed by atoms with Gasteiger partial charge in [0.05, 0.1) is 0 Å². The van der Waals surface area contributed by atoms with Gasteiger partial charge < -0.3 is 14.9 Å². The third-order valence-electron chi connectivity index (χ3n) is 3.05. The van der Waals surface area contributed by atoms with Gasteiger partial charge in [0.1, 0.15) is 6.61 Å². The highest BCUT2D eigenvalue weighted by atomic mass is 32.1. The number of nitrogens with zero attached hydrogens (tertiary/aromatic N) is 1. The van der Waals surface area contributed by atoms with E-state index in [0.29, 0.717) is 0 Å². The number of aliphatic hydroxyl groups excluding tert-OH is 2. The smallest absolute Gasteiger partial charge is 0.263 e.